The predicted octanol–water partition coefficient (Wildman–Crippen LogP) is 2.59. The average molecular weight is 646 g/mol. The van der Waals surface area contributed by atoms with Crippen LogP contribution < -0.4 is 5.73 Å². The fraction of sp³-hybridized carbons (Fsp3) is 0.333. The Morgan fingerprint density at radius 2 is 1.74 bits per heavy atom. The van der Waals surface area contributed by atoms with Gasteiger partial charge in [0.15, 0.2) is 16.8 Å². The molecular formula is C27H28ClN7O6S2. The molecule has 4 N–H and O–H groups in total. The van der Waals surface area contributed by atoms with Crippen LogP contribution in [0.5, 0.6) is 0 Å². The smallest absolute Gasteiger partial charge is 0.337 e. The minimum atomic E-state index is -3.76. The van der Waals surface area contributed by atoms with Gasteiger partial charge in [-0.2, -0.15) is 21.7 Å². The minimum Gasteiger partial charge on any atom is -0.478 e. The second-order valence-corrected chi connectivity index (χ2v) is 13.3. The lowest BCUT2D eigenvalue weighted by Crippen LogP contribution is -2.49. The number of carbonyl (C=O) groups excluding carboxylic acids is 2. The molecule has 0 bridgehead atoms. The van der Waals surface area contributed by atoms with Gasteiger partial charge in [-0.25, -0.2) is 9.78 Å². The summed E-state index contributed by atoms with van der Waals surface area (Å²) >= 11 is 7.45. The second kappa shape index (κ2) is 12.5. The molecule has 2 saturated heterocycles. The van der Waals surface area contributed by atoms with Crippen LogP contribution in [0.4, 0.5) is 0 Å². The number of aromatic nitrogens is 3. The van der Waals surface area contributed by atoms with Crippen LogP contribution in [-0.2, 0) is 20.8 Å². The molecule has 5 rings (SSSR count). The van der Waals surface area contributed by atoms with Crippen molar-refractivity contribution in [2.75, 3.05) is 26.2 Å². The highest BCUT2D eigenvalue weighted by Crippen LogP contribution is 2.31. The van der Waals surface area contributed by atoms with Crippen molar-refractivity contribution in [3.05, 3.63) is 75.6 Å². The first-order valence-electron chi connectivity index (χ1n) is 13.3. The zero-order valence-electron chi connectivity index (χ0n) is 22.8. The highest BCUT2D eigenvalue weighted by molar-refractivity contribution is 7.98. The normalized spacial score (nSPS) is 18.2. The lowest BCUT2D eigenvalue weighted by Gasteiger charge is -2.31. The van der Waals surface area contributed by atoms with Crippen molar-refractivity contribution in [3.63, 3.8) is 0 Å². The molecule has 0 amide bonds. The van der Waals surface area contributed by atoms with Crippen molar-refractivity contribution in [2.24, 2.45) is 5.73 Å². The topological polar surface area (TPSA) is 193 Å². The van der Waals surface area contributed by atoms with E-state index in [0.29, 0.717) is 24.4 Å². The van der Waals surface area contributed by atoms with Crippen LogP contribution in [-0.4, -0.2) is 86.6 Å². The predicted molar refractivity (Wildman–Crippen MR) is 159 cm³/mol. The van der Waals surface area contributed by atoms with E-state index in [1.54, 1.807) is 24.3 Å². The summed E-state index contributed by atoms with van der Waals surface area (Å²) in [7, 11) is -3.76. The zero-order chi connectivity index (χ0) is 30.9. The number of hydrogen-bond donors (Lipinski definition) is 3. The molecular weight excluding hydrogens is 618 g/mol. The molecule has 0 saturated carbocycles. The molecule has 226 valence electrons. The number of nitrogens with two attached hydrogens (primary N) is 1. The number of thioether (sulfide) groups is 1. The first kappa shape index (κ1) is 30.8. The number of rotatable bonds is 9. The van der Waals surface area contributed by atoms with Gasteiger partial charge in [-0.3, -0.25) is 15.0 Å². The molecule has 0 radical (unpaired) electrons. The Kier molecular flexibility index (Phi) is 8.99. The highest BCUT2D eigenvalue weighted by Gasteiger charge is 2.40. The SMILES string of the molecule is N=C(N)c1ccc(CSc2nc(C3CCN(S(=O)(=O)N4CCCC4)CC3=O)nn2C(=O)c2cccc(C(=O)O)c2Cl)cc1. The maximum Gasteiger partial charge on any atom is 0.337 e. The van der Waals surface area contributed by atoms with E-state index in [-0.39, 0.29) is 58.3 Å². The molecule has 1 aromatic heterocycles. The highest BCUT2D eigenvalue weighted by atomic mass is 35.5. The number of carbonyl (C=O) groups is 3. The van der Waals surface area contributed by atoms with Gasteiger partial charge in [0, 0.05) is 31.0 Å². The van der Waals surface area contributed by atoms with Gasteiger partial charge in [-0.05, 0) is 37.0 Å². The number of carboxylic acids is 1. The number of nitrogen functional groups attached to an aromatic ring is 1. The van der Waals surface area contributed by atoms with Crippen molar-refractivity contribution in [3.8, 4) is 0 Å². The average Bonchev–Trinajstić information content (AvgIpc) is 3.67. The van der Waals surface area contributed by atoms with Gasteiger partial charge in [0.25, 0.3) is 16.1 Å². The van der Waals surface area contributed by atoms with Crippen molar-refractivity contribution in [2.45, 2.75) is 36.1 Å². The minimum absolute atomic E-state index is 0.0662. The van der Waals surface area contributed by atoms with Crippen LogP contribution in [0.2, 0.25) is 5.02 Å². The Labute approximate surface area is 256 Å². The summed E-state index contributed by atoms with van der Waals surface area (Å²) in [6, 6.07) is 11.0. The number of ketones is 1. The Balaban J connectivity index is 1.44. The summed E-state index contributed by atoms with van der Waals surface area (Å²) in [4.78, 5) is 43.0. The molecule has 2 aliphatic rings. The van der Waals surface area contributed by atoms with Crippen LogP contribution in [0.15, 0.2) is 47.6 Å². The molecule has 2 aliphatic heterocycles. The third kappa shape index (κ3) is 6.35. The number of Topliss-reactive ketones (excluding diaryl/α,β-unsaturated/α-hetero) is 1. The van der Waals surface area contributed by atoms with Crippen LogP contribution >= 0.6 is 23.4 Å². The van der Waals surface area contributed by atoms with Crippen LogP contribution in [0.25, 0.3) is 0 Å². The molecule has 2 fully saturated rings. The van der Waals surface area contributed by atoms with Crippen molar-refractivity contribution >= 4 is 57.1 Å². The van der Waals surface area contributed by atoms with Crippen LogP contribution in [0, 0.1) is 5.41 Å². The Morgan fingerprint density at radius 3 is 2.37 bits per heavy atom. The summed E-state index contributed by atoms with van der Waals surface area (Å²) < 4.78 is 29.6. The molecule has 2 aromatic carbocycles. The summed E-state index contributed by atoms with van der Waals surface area (Å²) in [5.74, 6) is -2.93. The lowest BCUT2D eigenvalue weighted by molar-refractivity contribution is -0.122. The first-order valence-corrected chi connectivity index (χ1v) is 16.1. The number of nitrogens with one attached hydrogen (secondary N) is 1. The van der Waals surface area contributed by atoms with Crippen molar-refractivity contribution in [1.29, 1.82) is 5.41 Å². The van der Waals surface area contributed by atoms with Crippen molar-refractivity contribution < 1.29 is 27.9 Å². The number of carboxylic acid groups (broad SMARTS) is 1. The van der Waals surface area contributed by atoms with E-state index < -0.39 is 28.0 Å². The fourth-order valence-electron chi connectivity index (χ4n) is 4.94. The molecule has 43 heavy (non-hydrogen) atoms. The number of hydrogen-bond acceptors (Lipinski definition) is 9. The van der Waals surface area contributed by atoms with Gasteiger partial charge in [0.05, 0.1) is 28.6 Å². The monoisotopic (exact) mass is 645 g/mol. The zero-order valence-corrected chi connectivity index (χ0v) is 25.2. The molecule has 13 nitrogen and oxygen atoms in total. The second-order valence-electron chi connectivity index (χ2n) is 10.1. The Bertz CT molecular complexity index is 1700. The van der Waals surface area contributed by atoms with E-state index in [0.717, 1.165) is 34.8 Å². The van der Waals surface area contributed by atoms with Gasteiger partial charge in [0.1, 0.15) is 5.84 Å². The van der Waals surface area contributed by atoms with Crippen molar-refractivity contribution in [1.82, 2.24) is 23.4 Å². The molecule has 0 aliphatic carbocycles. The third-order valence-electron chi connectivity index (χ3n) is 7.30. The number of halogens is 1. The largest absolute Gasteiger partial charge is 0.478 e. The van der Waals surface area contributed by atoms with Gasteiger partial charge < -0.3 is 10.8 Å². The molecule has 1 unspecified atom stereocenters. The number of benzene rings is 2. The van der Waals surface area contributed by atoms with Crippen LogP contribution in [0.3, 0.4) is 0 Å². The Morgan fingerprint density at radius 1 is 1.07 bits per heavy atom. The maximum atomic E-state index is 13.7. The fourth-order valence-corrected chi connectivity index (χ4v) is 7.79. The summed E-state index contributed by atoms with van der Waals surface area (Å²) in [6.07, 6.45) is 1.69. The quantitative estimate of drug-likeness (QED) is 0.177. The summed E-state index contributed by atoms with van der Waals surface area (Å²) in [6.45, 7) is 0.612. The summed E-state index contributed by atoms with van der Waals surface area (Å²) in [5.41, 5.74) is 6.56. The van der Waals surface area contributed by atoms with E-state index in [1.807, 2.05) is 0 Å². The van der Waals surface area contributed by atoms with E-state index in [9.17, 15) is 27.9 Å². The number of piperidine rings is 1. The standard InChI is InChI=1S/C27H28ClN7O6S2/c28-22-19(4-3-5-20(22)26(38)39)25(37)35-27(42-15-16-6-8-17(9-7-16)23(29)30)31-24(32-35)18-10-13-34(14-21(18)36)43(40,41)33-11-1-2-12-33/h3-9,18H,1-2,10-15H2,(H3,29,30)(H,38,39). The summed E-state index contributed by atoms with van der Waals surface area (Å²) in [5, 5.41) is 21.3. The first-order chi connectivity index (χ1) is 20.5. The maximum absolute atomic E-state index is 13.7. The molecule has 16 heteroatoms. The number of amidine groups is 1. The third-order valence-corrected chi connectivity index (χ3v) is 10.7. The molecule has 1 atom stereocenters. The van der Waals surface area contributed by atoms with Gasteiger partial charge in [0.2, 0.25) is 0 Å². The molecule has 3 heterocycles. The molecule has 3 aromatic rings. The lowest BCUT2D eigenvalue weighted by atomic mass is 9.96. The van der Waals surface area contributed by atoms with Gasteiger partial charge >= 0.3 is 5.97 Å². The Hall–Kier alpha value is -3.63. The van der Waals surface area contributed by atoms with Gasteiger partial charge in [-0.1, -0.05) is 53.7 Å². The number of aromatic carboxylic acids is 1. The van der Waals surface area contributed by atoms with E-state index >= 15 is 0 Å². The molecule has 0 spiro atoms. The van der Waals surface area contributed by atoms with Gasteiger partial charge in [-0.15, -0.1) is 5.10 Å². The van der Waals surface area contributed by atoms with E-state index in [4.69, 9.17) is 22.7 Å². The number of nitrogens with zero attached hydrogens (tertiary/aromatic N) is 5. The van der Waals surface area contributed by atoms with Crippen LogP contribution in [0.1, 0.15) is 62.8 Å². The van der Waals surface area contributed by atoms with E-state index in [1.165, 1.54) is 26.8 Å². The van der Waals surface area contributed by atoms with E-state index in [2.05, 4.69) is 10.1 Å².